The normalized spacial score (nSPS) is 17.9. The molecule has 1 rings (SSSR count). The molecular weight excluding hydrogens is 266 g/mol. The van der Waals surface area contributed by atoms with Gasteiger partial charge >= 0.3 is 5.97 Å². The summed E-state index contributed by atoms with van der Waals surface area (Å²) in [7, 11) is 1.69. The van der Waals surface area contributed by atoms with Crippen molar-refractivity contribution < 1.29 is 14.3 Å². The van der Waals surface area contributed by atoms with Gasteiger partial charge in [0.05, 0.1) is 18.8 Å². The molecule has 0 radical (unpaired) electrons. The number of carbonyl (C=O) groups excluding carboxylic acids is 1. The highest BCUT2D eigenvalue weighted by molar-refractivity contribution is 5.91. The molecular formula is C17H29NO3. The quantitative estimate of drug-likeness (QED) is 0.459. The molecule has 0 saturated carbocycles. The smallest absolute Gasteiger partial charge is 0.337 e. The first kappa shape index (κ1) is 17.9. The SMILES string of the molecule is CCN(CC)CCCCOC(=O)C1=CCC(COC)C=C1. The van der Waals surface area contributed by atoms with E-state index in [-0.39, 0.29) is 5.97 Å². The van der Waals surface area contributed by atoms with Gasteiger partial charge in [0, 0.05) is 13.0 Å². The highest BCUT2D eigenvalue weighted by Gasteiger charge is 2.14. The van der Waals surface area contributed by atoms with Gasteiger partial charge in [0.15, 0.2) is 0 Å². The zero-order chi connectivity index (χ0) is 15.5. The van der Waals surface area contributed by atoms with Gasteiger partial charge in [-0.3, -0.25) is 0 Å². The number of allylic oxidation sites excluding steroid dienone is 1. The molecule has 0 saturated heterocycles. The Morgan fingerprint density at radius 1 is 1.33 bits per heavy atom. The molecule has 0 aromatic carbocycles. The predicted octanol–water partition coefficient (Wildman–Crippen LogP) is 2.80. The number of esters is 1. The molecule has 21 heavy (non-hydrogen) atoms. The number of hydrogen-bond acceptors (Lipinski definition) is 4. The predicted molar refractivity (Wildman–Crippen MR) is 85.2 cm³/mol. The monoisotopic (exact) mass is 295 g/mol. The number of hydrogen-bond donors (Lipinski definition) is 0. The molecule has 0 fully saturated rings. The van der Waals surface area contributed by atoms with Crippen molar-refractivity contribution in [3.05, 3.63) is 23.8 Å². The first-order chi connectivity index (χ1) is 10.2. The molecule has 4 nitrogen and oxygen atoms in total. The second-order valence-electron chi connectivity index (χ2n) is 5.34. The van der Waals surface area contributed by atoms with E-state index in [4.69, 9.17) is 9.47 Å². The molecule has 1 atom stereocenters. The minimum Gasteiger partial charge on any atom is -0.462 e. The van der Waals surface area contributed by atoms with Crippen molar-refractivity contribution in [3.63, 3.8) is 0 Å². The lowest BCUT2D eigenvalue weighted by atomic mass is 9.97. The molecule has 0 heterocycles. The summed E-state index contributed by atoms with van der Waals surface area (Å²) in [5.41, 5.74) is 0.672. The number of unbranched alkanes of at least 4 members (excludes halogenated alkanes) is 1. The fourth-order valence-corrected chi connectivity index (χ4v) is 2.38. The third kappa shape index (κ3) is 6.91. The Labute approximate surface area is 128 Å². The van der Waals surface area contributed by atoms with Crippen LogP contribution in [0, 0.1) is 5.92 Å². The molecule has 0 spiro atoms. The number of ether oxygens (including phenoxy) is 2. The van der Waals surface area contributed by atoms with Crippen LogP contribution in [0.1, 0.15) is 33.1 Å². The summed E-state index contributed by atoms with van der Waals surface area (Å²) in [6.45, 7) is 8.77. The van der Waals surface area contributed by atoms with Crippen molar-refractivity contribution in [2.45, 2.75) is 33.1 Å². The largest absolute Gasteiger partial charge is 0.462 e. The van der Waals surface area contributed by atoms with Crippen LogP contribution in [0.5, 0.6) is 0 Å². The number of carbonyl (C=O) groups is 1. The van der Waals surface area contributed by atoms with Gasteiger partial charge in [-0.15, -0.1) is 0 Å². The van der Waals surface area contributed by atoms with Crippen molar-refractivity contribution in [2.24, 2.45) is 5.92 Å². The van der Waals surface area contributed by atoms with Crippen LogP contribution in [0.4, 0.5) is 0 Å². The summed E-state index contributed by atoms with van der Waals surface area (Å²) in [6, 6.07) is 0. The molecule has 1 unspecified atom stereocenters. The second-order valence-corrected chi connectivity index (χ2v) is 5.34. The van der Waals surface area contributed by atoms with Crippen LogP contribution in [-0.4, -0.2) is 50.8 Å². The number of nitrogens with zero attached hydrogens (tertiary/aromatic N) is 1. The molecule has 1 aliphatic rings. The Hall–Kier alpha value is -1.13. The number of rotatable bonds is 10. The maximum atomic E-state index is 11.9. The highest BCUT2D eigenvalue weighted by atomic mass is 16.5. The van der Waals surface area contributed by atoms with E-state index in [1.54, 1.807) is 7.11 Å². The molecule has 0 aromatic heterocycles. The molecule has 4 heteroatoms. The van der Waals surface area contributed by atoms with Gasteiger partial charge in [-0.05, 0) is 38.9 Å². The van der Waals surface area contributed by atoms with Crippen molar-refractivity contribution in [3.8, 4) is 0 Å². The summed E-state index contributed by atoms with van der Waals surface area (Å²) in [5, 5.41) is 0. The van der Waals surface area contributed by atoms with E-state index in [1.165, 1.54) is 0 Å². The maximum absolute atomic E-state index is 11.9. The van der Waals surface area contributed by atoms with Crippen LogP contribution in [0.25, 0.3) is 0 Å². The van der Waals surface area contributed by atoms with Gasteiger partial charge in [0.1, 0.15) is 0 Å². The summed E-state index contributed by atoms with van der Waals surface area (Å²) < 4.78 is 10.4. The Morgan fingerprint density at radius 3 is 2.67 bits per heavy atom. The van der Waals surface area contributed by atoms with Crippen molar-refractivity contribution in [2.75, 3.05) is 40.0 Å². The van der Waals surface area contributed by atoms with Crippen molar-refractivity contribution in [1.29, 1.82) is 0 Å². The highest BCUT2D eigenvalue weighted by Crippen LogP contribution is 2.17. The number of methoxy groups -OCH3 is 1. The topological polar surface area (TPSA) is 38.8 Å². The third-order valence-electron chi connectivity index (χ3n) is 3.80. The van der Waals surface area contributed by atoms with Crippen LogP contribution >= 0.6 is 0 Å². The van der Waals surface area contributed by atoms with Crippen LogP contribution < -0.4 is 0 Å². The molecule has 1 aliphatic carbocycles. The first-order valence-electron chi connectivity index (χ1n) is 7.98. The van der Waals surface area contributed by atoms with Gasteiger partial charge in [-0.2, -0.15) is 0 Å². The van der Waals surface area contributed by atoms with Crippen molar-refractivity contribution >= 4 is 5.97 Å². The van der Waals surface area contributed by atoms with E-state index < -0.39 is 0 Å². The Balaban J connectivity index is 2.16. The Kier molecular flexibility index (Phi) is 9.02. The molecule has 0 amide bonds. The fourth-order valence-electron chi connectivity index (χ4n) is 2.38. The average molecular weight is 295 g/mol. The molecule has 120 valence electrons. The summed E-state index contributed by atoms with van der Waals surface area (Å²) in [6.07, 6.45) is 8.66. The van der Waals surface area contributed by atoms with Crippen LogP contribution in [-0.2, 0) is 14.3 Å². The Bertz CT molecular complexity index is 359. The third-order valence-corrected chi connectivity index (χ3v) is 3.80. The molecule has 0 bridgehead atoms. The zero-order valence-electron chi connectivity index (χ0n) is 13.6. The average Bonchev–Trinajstić information content (AvgIpc) is 2.52. The lowest BCUT2D eigenvalue weighted by Crippen LogP contribution is -2.24. The van der Waals surface area contributed by atoms with Crippen LogP contribution in [0.3, 0.4) is 0 Å². The van der Waals surface area contributed by atoms with Gasteiger partial charge in [-0.25, -0.2) is 4.79 Å². The minimum absolute atomic E-state index is 0.204. The van der Waals surface area contributed by atoms with E-state index in [1.807, 2.05) is 18.2 Å². The molecule has 0 aromatic rings. The Morgan fingerprint density at radius 2 is 2.10 bits per heavy atom. The lowest BCUT2D eigenvalue weighted by molar-refractivity contribution is -0.138. The molecule has 0 aliphatic heterocycles. The van der Waals surface area contributed by atoms with Crippen LogP contribution in [0.15, 0.2) is 23.8 Å². The van der Waals surface area contributed by atoms with Crippen molar-refractivity contribution in [1.82, 2.24) is 4.90 Å². The summed E-state index contributed by atoms with van der Waals surface area (Å²) in [4.78, 5) is 14.3. The van der Waals surface area contributed by atoms with E-state index in [0.29, 0.717) is 24.7 Å². The summed E-state index contributed by atoms with van der Waals surface area (Å²) >= 11 is 0. The second kappa shape index (κ2) is 10.6. The van der Waals surface area contributed by atoms with Gasteiger partial charge < -0.3 is 14.4 Å². The zero-order valence-corrected chi connectivity index (χ0v) is 13.6. The van der Waals surface area contributed by atoms with E-state index in [2.05, 4.69) is 18.7 Å². The van der Waals surface area contributed by atoms with E-state index >= 15 is 0 Å². The van der Waals surface area contributed by atoms with Gasteiger partial charge in [-0.1, -0.05) is 32.1 Å². The van der Waals surface area contributed by atoms with Gasteiger partial charge in [0.2, 0.25) is 0 Å². The summed E-state index contributed by atoms with van der Waals surface area (Å²) in [5.74, 6) is 0.172. The van der Waals surface area contributed by atoms with E-state index in [9.17, 15) is 4.79 Å². The minimum atomic E-state index is -0.204. The fraction of sp³-hybridized carbons (Fsp3) is 0.706. The maximum Gasteiger partial charge on any atom is 0.337 e. The molecule has 0 N–H and O–H groups in total. The van der Waals surface area contributed by atoms with Crippen LogP contribution in [0.2, 0.25) is 0 Å². The van der Waals surface area contributed by atoms with E-state index in [0.717, 1.165) is 38.9 Å². The van der Waals surface area contributed by atoms with Gasteiger partial charge in [0.25, 0.3) is 0 Å². The standard InChI is InChI=1S/C17H29NO3/c1-4-18(5-2)12-6-7-13-21-17(19)16-10-8-15(9-11-16)14-20-3/h8,10-11,15H,4-7,9,12-14H2,1-3H3. The first-order valence-corrected chi connectivity index (χ1v) is 7.98. The lowest BCUT2D eigenvalue weighted by Gasteiger charge is -2.17.